The quantitative estimate of drug-likeness (QED) is 0.655. The summed E-state index contributed by atoms with van der Waals surface area (Å²) in [5.41, 5.74) is 2.04. The molecule has 2 saturated heterocycles. The van der Waals surface area contributed by atoms with Crippen LogP contribution in [-0.4, -0.2) is 60.0 Å². The molecule has 1 amide bonds. The summed E-state index contributed by atoms with van der Waals surface area (Å²) in [6.07, 6.45) is 2.36. The summed E-state index contributed by atoms with van der Waals surface area (Å²) in [5, 5.41) is 3.54. The number of ketones is 1. The molecular weight excluding hydrogens is 318 g/mol. The lowest BCUT2D eigenvalue weighted by molar-refractivity contribution is -0.118. The van der Waals surface area contributed by atoms with Crippen molar-refractivity contribution in [3.05, 3.63) is 35.5 Å². The molecule has 6 nitrogen and oxygen atoms in total. The van der Waals surface area contributed by atoms with E-state index in [9.17, 15) is 9.59 Å². The van der Waals surface area contributed by atoms with Crippen molar-refractivity contribution in [2.45, 2.75) is 31.9 Å². The fourth-order valence-electron chi connectivity index (χ4n) is 3.98. The number of aryl methyl sites for hydroxylation is 1. The maximum absolute atomic E-state index is 12.6. The molecular formula is C19H23N3O3. The van der Waals surface area contributed by atoms with Crippen LogP contribution in [0.3, 0.4) is 0 Å². The van der Waals surface area contributed by atoms with Gasteiger partial charge in [-0.1, -0.05) is 18.2 Å². The van der Waals surface area contributed by atoms with Gasteiger partial charge in [-0.3, -0.25) is 14.5 Å². The number of aromatic nitrogens is 1. The Morgan fingerprint density at radius 3 is 3.08 bits per heavy atom. The standard InChI is InChI=1S/C19H23N3O3/c1-12-17(15-6-2-3-7-16(15)21-12)18(23)19(24)20-9-14-10-22-8-4-5-13(22)11-25-14/h2-3,6-7,13-14,21H,4-5,8-11H2,1H3,(H,20,24)/t13-,14+/m0/s1. The van der Waals surface area contributed by atoms with Crippen molar-refractivity contribution < 1.29 is 14.3 Å². The van der Waals surface area contributed by atoms with E-state index in [1.807, 2.05) is 31.2 Å². The third kappa shape index (κ3) is 3.07. The zero-order valence-corrected chi connectivity index (χ0v) is 14.4. The molecule has 0 aliphatic carbocycles. The fraction of sp³-hybridized carbons (Fsp3) is 0.474. The molecule has 0 saturated carbocycles. The van der Waals surface area contributed by atoms with Gasteiger partial charge in [0.1, 0.15) is 0 Å². The van der Waals surface area contributed by atoms with E-state index in [0.717, 1.165) is 36.3 Å². The molecule has 3 heterocycles. The van der Waals surface area contributed by atoms with Gasteiger partial charge in [0.15, 0.2) is 0 Å². The molecule has 2 N–H and O–H groups in total. The van der Waals surface area contributed by atoms with Crippen molar-refractivity contribution in [1.82, 2.24) is 15.2 Å². The van der Waals surface area contributed by atoms with Crippen LogP contribution >= 0.6 is 0 Å². The summed E-state index contributed by atoms with van der Waals surface area (Å²) in [7, 11) is 0. The van der Waals surface area contributed by atoms with Crippen LogP contribution in [0.1, 0.15) is 28.9 Å². The van der Waals surface area contributed by atoms with Crippen LogP contribution in [0.5, 0.6) is 0 Å². The predicted molar refractivity (Wildman–Crippen MR) is 94.7 cm³/mol. The summed E-state index contributed by atoms with van der Waals surface area (Å²) in [5.74, 6) is -1.06. The third-order valence-corrected chi connectivity index (χ3v) is 5.28. The first-order valence-corrected chi connectivity index (χ1v) is 8.89. The molecule has 6 heteroatoms. The molecule has 2 aromatic rings. The highest BCUT2D eigenvalue weighted by atomic mass is 16.5. The number of rotatable bonds is 4. The van der Waals surface area contributed by atoms with E-state index >= 15 is 0 Å². The lowest BCUT2D eigenvalue weighted by atomic mass is 10.1. The molecule has 1 aromatic heterocycles. The van der Waals surface area contributed by atoms with Crippen LogP contribution in [0.25, 0.3) is 10.9 Å². The summed E-state index contributed by atoms with van der Waals surface area (Å²) >= 11 is 0. The van der Waals surface area contributed by atoms with Gasteiger partial charge in [-0.15, -0.1) is 0 Å². The minimum atomic E-state index is -0.569. The first-order chi connectivity index (χ1) is 12.1. The average Bonchev–Trinajstić information content (AvgIpc) is 3.21. The number of benzene rings is 1. The number of fused-ring (bicyclic) bond motifs is 2. The fourth-order valence-corrected chi connectivity index (χ4v) is 3.98. The predicted octanol–water partition coefficient (Wildman–Crippen LogP) is 1.64. The number of nitrogens with zero attached hydrogens (tertiary/aromatic N) is 1. The van der Waals surface area contributed by atoms with E-state index in [1.54, 1.807) is 0 Å². The molecule has 2 atom stereocenters. The van der Waals surface area contributed by atoms with E-state index in [4.69, 9.17) is 4.74 Å². The molecule has 0 unspecified atom stereocenters. The first-order valence-electron chi connectivity index (χ1n) is 8.89. The number of hydrogen-bond donors (Lipinski definition) is 2. The number of carbonyl (C=O) groups excluding carboxylic acids is 2. The van der Waals surface area contributed by atoms with Crippen LogP contribution < -0.4 is 5.32 Å². The molecule has 0 bridgehead atoms. The Labute approximate surface area is 146 Å². The SMILES string of the molecule is Cc1[nH]c2ccccc2c1C(=O)C(=O)NC[C@@H]1CN2CCC[C@H]2CO1. The van der Waals surface area contributed by atoms with Crippen molar-refractivity contribution in [2.75, 3.05) is 26.2 Å². The lowest BCUT2D eigenvalue weighted by Crippen LogP contribution is -2.50. The number of morpholine rings is 1. The second-order valence-corrected chi connectivity index (χ2v) is 6.96. The lowest BCUT2D eigenvalue weighted by Gasteiger charge is -2.35. The van der Waals surface area contributed by atoms with E-state index in [2.05, 4.69) is 15.2 Å². The van der Waals surface area contributed by atoms with Crippen LogP contribution in [0, 0.1) is 6.92 Å². The zero-order chi connectivity index (χ0) is 17.4. The van der Waals surface area contributed by atoms with Crippen LogP contribution in [0.2, 0.25) is 0 Å². The number of para-hydroxylation sites is 1. The van der Waals surface area contributed by atoms with Gasteiger partial charge >= 0.3 is 0 Å². The number of aromatic amines is 1. The highest BCUT2D eigenvalue weighted by Gasteiger charge is 2.32. The van der Waals surface area contributed by atoms with Gasteiger partial charge < -0.3 is 15.0 Å². The molecule has 2 aliphatic rings. The van der Waals surface area contributed by atoms with E-state index in [1.165, 1.54) is 12.8 Å². The third-order valence-electron chi connectivity index (χ3n) is 5.28. The van der Waals surface area contributed by atoms with E-state index in [-0.39, 0.29) is 6.10 Å². The number of amides is 1. The Balaban J connectivity index is 1.40. The van der Waals surface area contributed by atoms with Gasteiger partial charge in [-0.05, 0) is 32.4 Å². The van der Waals surface area contributed by atoms with E-state index in [0.29, 0.717) is 18.2 Å². The van der Waals surface area contributed by atoms with Gasteiger partial charge in [0.05, 0.1) is 18.3 Å². The monoisotopic (exact) mass is 341 g/mol. The maximum atomic E-state index is 12.6. The van der Waals surface area contributed by atoms with Crippen molar-refractivity contribution >= 4 is 22.6 Å². The molecule has 2 aliphatic heterocycles. The smallest absolute Gasteiger partial charge is 0.292 e. The number of H-pyrrole nitrogens is 1. The van der Waals surface area contributed by atoms with Gasteiger partial charge in [0, 0.05) is 35.7 Å². The topological polar surface area (TPSA) is 74.4 Å². The second kappa shape index (κ2) is 6.61. The Bertz CT molecular complexity index is 813. The van der Waals surface area contributed by atoms with Crippen molar-refractivity contribution in [1.29, 1.82) is 0 Å². The maximum Gasteiger partial charge on any atom is 0.292 e. The number of ether oxygens (including phenoxy) is 1. The number of nitrogens with one attached hydrogen (secondary N) is 2. The van der Waals surface area contributed by atoms with Gasteiger partial charge in [0.25, 0.3) is 11.7 Å². The molecule has 1 aromatic carbocycles. The second-order valence-electron chi connectivity index (χ2n) is 6.96. The summed E-state index contributed by atoms with van der Waals surface area (Å²) in [6, 6.07) is 8.06. The van der Waals surface area contributed by atoms with Gasteiger partial charge in [0.2, 0.25) is 0 Å². The molecule has 25 heavy (non-hydrogen) atoms. The number of Topliss-reactive ketones (excluding diaryl/α,β-unsaturated/α-hetero) is 1. The van der Waals surface area contributed by atoms with Gasteiger partial charge in [-0.2, -0.15) is 0 Å². The Morgan fingerprint density at radius 2 is 2.20 bits per heavy atom. The minimum Gasteiger partial charge on any atom is -0.373 e. The molecule has 0 radical (unpaired) electrons. The number of carbonyl (C=O) groups is 2. The normalized spacial score (nSPS) is 23.6. The summed E-state index contributed by atoms with van der Waals surface area (Å²) < 4.78 is 5.83. The van der Waals surface area contributed by atoms with Crippen LogP contribution in [0.15, 0.2) is 24.3 Å². The summed E-state index contributed by atoms with van der Waals surface area (Å²) in [6.45, 7) is 4.83. The first kappa shape index (κ1) is 16.3. The van der Waals surface area contributed by atoms with Crippen molar-refractivity contribution in [3.8, 4) is 0 Å². The highest BCUT2D eigenvalue weighted by molar-refractivity contribution is 6.45. The van der Waals surface area contributed by atoms with Crippen molar-refractivity contribution in [3.63, 3.8) is 0 Å². The summed E-state index contributed by atoms with van der Waals surface area (Å²) in [4.78, 5) is 30.6. The van der Waals surface area contributed by atoms with Crippen LogP contribution in [0.4, 0.5) is 0 Å². The average molecular weight is 341 g/mol. The molecule has 2 fully saturated rings. The molecule has 4 rings (SSSR count). The Morgan fingerprint density at radius 1 is 1.36 bits per heavy atom. The largest absolute Gasteiger partial charge is 0.373 e. The van der Waals surface area contributed by atoms with Crippen LogP contribution in [-0.2, 0) is 9.53 Å². The van der Waals surface area contributed by atoms with E-state index < -0.39 is 11.7 Å². The number of hydrogen-bond acceptors (Lipinski definition) is 4. The Kier molecular flexibility index (Phi) is 4.31. The Hall–Kier alpha value is -2.18. The zero-order valence-electron chi connectivity index (χ0n) is 14.4. The highest BCUT2D eigenvalue weighted by Crippen LogP contribution is 2.23. The van der Waals surface area contributed by atoms with Gasteiger partial charge in [-0.25, -0.2) is 0 Å². The molecule has 0 spiro atoms. The van der Waals surface area contributed by atoms with Crippen molar-refractivity contribution in [2.24, 2.45) is 0 Å². The molecule has 132 valence electrons. The minimum absolute atomic E-state index is 0.0461.